The molecule has 0 aliphatic carbocycles. The highest BCUT2D eigenvalue weighted by atomic mass is 19.1. The van der Waals surface area contributed by atoms with Gasteiger partial charge >= 0.3 is 0 Å². The van der Waals surface area contributed by atoms with Crippen molar-refractivity contribution >= 4 is 16.8 Å². The maximum absolute atomic E-state index is 13.6. The number of H-pyrrole nitrogens is 1. The molecule has 0 bridgehead atoms. The van der Waals surface area contributed by atoms with Gasteiger partial charge in [-0.05, 0) is 53.9 Å². The molecule has 0 unspecified atom stereocenters. The molecule has 3 aromatic carbocycles. The average molecular weight is 400 g/mol. The Bertz CT molecular complexity index is 1230. The van der Waals surface area contributed by atoms with Crippen LogP contribution in [-0.2, 0) is 6.42 Å². The fourth-order valence-electron chi connectivity index (χ4n) is 4.37. The number of methoxy groups -OCH3 is 1. The lowest BCUT2D eigenvalue weighted by molar-refractivity contribution is 0.0691. The summed E-state index contributed by atoms with van der Waals surface area (Å²) >= 11 is 0. The Hall–Kier alpha value is -3.60. The van der Waals surface area contributed by atoms with Gasteiger partial charge in [0.1, 0.15) is 11.6 Å². The van der Waals surface area contributed by atoms with Gasteiger partial charge < -0.3 is 14.6 Å². The van der Waals surface area contributed by atoms with E-state index in [4.69, 9.17) is 4.74 Å². The summed E-state index contributed by atoms with van der Waals surface area (Å²) in [5.41, 5.74) is 4.70. The van der Waals surface area contributed by atoms with Crippen molar-refractivity contribution in [3.8, 4) is 5.75 Å². The van der Waals surface area contributed by atoms with E-state index in [-0.39, 0.29) is 17.8 Å². The molecular weight excluding hydrogens is 379 g/mol. The van der Waals surface area contributed by atoms with Crippen LogP contribution in [-0.4, -0.2) is 29.4 Å². The van der Waals surface area contributed by atoms with E-state index in [0.717, 1.165) is 23.2 Å². The summed E-state index contributed by atoms with van der Waals surface area (Å²) in [5.74, 6) is 0.270. The van der Waals surface area contributed by atoms with Crippen LogP contribution in [0.4, 0.5) is 4.39 Å². The molecule has 1 aromatic heterocycles. The summed E-state index contributed by atoms with van der Waals surface area (Å²) in [5, 5.41) is 1.17. The van der Waals surface area contributed by atoms with Crippen molar-refractivity contribution < 1.29 is 13.9 Å². The van der Waals surface area contributed by atoms with Crippen LogP contribution < -0.4 is 4.74 Å². The topological polar surface area (TPSA) is 45.3 Å². The molecule has 0 saturated heterocycles. The first-order chi connectivity index (χ1) is 14.7. The summed E-state index contributed by atoms with van der Waals surface area (Å²) in [6.07, 6.45) is 0.757. The molecule has 2 heterocycles. The maximum Gasteiger partial charge on any atom is 0.254 e. The molecule has 0 radical (unpaired) electrons. The van der Waals surface area contributed by atoms with Crippen LogP contribution in [0.25, 0.3) is 10.9 Å². The van der Waals surface area contributed by atoms with E-state index in [0.29, 0.717) is 17.9 Å². The smallest absolute Gasteiger partial charge is 0.254 e. The standard InChI is InChI=1S/C25H21FN2O2/c1-30-19-6-4-5-17(15-19)25(29)28-14-13-21-20-7-2-3-8-22(20)27-23(21)24(28)16-9-11-18(26)12-10-16/h2-12,15,24,27H,13-14H2,1H3/t24-/m0/s1. The van der Waals surface area contributed by atoms with Gasteiger partial charge in [-0.1, -0.05) is 36.4 Å². The third-order valence-electron chi connectivity index (χ3n) is 5.80. The highest BCUT2D eigenvalue weighted by Gasteiger charge is 2.35. The van der Waals surface area contributed by atoms with Crippen LogP contribution in [0.1, 0.15) is 33.2 Å². The third kappa shape index (κ3) is 3.03. The molecule has 150 valence electrons. The molecule has 1 aliphatic heterocycles. The minimum absolute atomic E-state index is 0.0764. The molecule has 1 aliphatic rings. The zero-order valence-corrected chi connectivity index (χ0v) is 16.6. The number of carbonyl (C=O) groups is 1. The Morgan fingerprint density at radius 2 is 1.87 bits per heavy atom. The number of amides is 1. The lowest BCUT2D eigenvalue weighted by atomic mass is 9.91. The van der Waals surface area contributed by atoms with Crippen LogP contribution in [0.3, 0.4) is 0 Å². The Balaban J connectivity index is 1.64. The number of ether oxygens (including phenoxy) is 1. The van der Waals surface area contributed by atoms with Gasteiger partial charge in [0, 0.05) is 28.7 Å². The number of halogens is 1. The number of para-hydroxylation sites is 1. The SMILES string of the molecule is COc1cccc(C(=O)N2CCc3c([nH]c4ccccc34)[C@@H]2c2ccc(F)cc2)c1. The lowest BCUT2D eigenvalue weighted by Crippen LogP contribution is -2.40. The first-order valence-electron chi connectivity index (χ1n) is 9.95. The van der Waals surface area contributed by atoms with E-state index in [1.54, 1.807) is 31.4 Å². The Kier molecular flexibility index (Phi) is 4.51. The number of hydrogen-bond donors (Lipinski definition) is 1. The second-order valence-corrected chi connectivity index (χ2v) is 7.50. The molecule has 1 atom stereocenters. The van der Waals surface area contributed by atoms with E-state index in [1.807, 2.05) is 35.2 Å². The van der Waals surface area contributed by atoms with Gasteiger partial charge in [-0.3, -0.25) is 4.79 Å². The monoisotopic (exact) mass is 400 g/mol. The molecule has 1 N–H and O–H groups in total. The number of carbonyl (C=O) groups excluding carboxylic acids is 1. The van der Waals surface area contributed by atoms with Crippen molar-refractivity contribution in [1.82, 2.24) is 9.88 Å². The number of nitrogens with zero attached hydrogens (tertiary/aromatic N) is 1. The lowest BCUT2D eigenvalue weighted by Gasteiger charge is -2.36. The molecule has 0 spiro atoms. The van der Waals surface area contributed by atoms with Crippen molar-refractivity contribution in [3.05, 3.63) is 101 Å². The number of benzene rings is 3. The molecule has 4 nitrogen and oxygen atoms in total. The minimum Gasteiger partial charge on any atom is -0.497 e. The number of hydrogen-bond acceptors (Lipinski definition) is 2. The highest BCUT2D eigenvalue weighted by molar-refractivity contribution is 5.96. The average Bonchev–Trinajstić information content (AvgIpc) is 3.17. The number of fused-ring (bicyclic) bond motifs is 3. The molecule has 30 heavy (non-hydrogen) atoms. The predicted octanol–water partition coefficient (Wildman–Crippen LogP) is 5.10. The van der Waals surface area contributed by atoms with E-state index >= 15 is 0 Å². The first kappa shape index (κ1) is 18.4. The zero-order valence-electron chi connectivity index (χ0n) is 16.6. The first-order valence-corrected chi connectivity index (χ1v) is 9.95. The van der Waals surface area contributed by atoms with Gasteiger partial charge in [-0.2, -0.15) is 0 Å². The summed E-state index contributed by atoms with van der Waals surface area (Å²) < 4.78 is 18.9. The van der Waals surface area contributed by atoms with E-state index in [2.05, 4.69) is 11.1 Å². The highest BCUT2D eigenvalue weighted by Crippen LogP contribution is 2.39. The third-order valence-corrected chi connectivity index (χ3v) is 5.80. The van der Waals surface area contributed by atoms with Crippen LogP contribution in [0.2, 0.25) is 0 Å². The quantitative estimate of drug-likeness (QED) is 0.520. The molecule has 5 heteroatoms. The van der Waals surface area contributed by atoms with Crippen LogP contribution in [0, 0.1) is 5.82 Å². The normalized spacial score (nSPS) is 15.8. The van der Waals surface area contributed by atoms with Crippen molar-refractivity contribution in [2.75, 3.05) is 13.7 Å². The van der Waals surface area contributed by atoms with Gasteiger partial charge in [0.05, 0.1) is 13.2 Å². The number of aromatic amines is 1. The Morgan fingerprint density at radius 3 is 2.67 bits per heavy atom. The summed E-state index contributed by atoms with van der Waals surface area (Å²) in [6.45, 7) is 0.576. The second-order valence-electron chi connectivity index (χ2n) is 7.50. The van der Waals surface area contributed by atoms with Gasteiger partial charge in [-0.15, -0.1) is 0 Å². The number of nitrogens with one attached hydrogen (secondary N) is 1. The van der Waals surface area contributed by atoms with Crippen molar-refractivity contribution in [1.29, 1.82) is 0 Å². The van der Waals surface area contributed by atoms with Gasteiger partial charge in [0.2, 0.25) is 0 Å². The second kappa shape index (κ2) is 7.34. The molecular formula is C25H21FN2O2. The predicted molar refractivity (Wildman–Crippen MR) is 114 cm³/mol. The van der Waals surface area contributed by atoms with Crippen molar-refractivity contribution in [2.24, 2.45) is 0 Å². The maximum atomic E-state index is 13.6. The minimum atomic E-state index is -0.319. The van der Waals surface area contributed by atoms with Crippen molar-refractivity contribution in [3.63, 3.8) is 0 Å². The fourth-order valence-corrected chi connectivity index (χ4v) is 4.37. The van der Waals surface area contributed by atoms with Crippen LogP contribution in [0.5, 0.6) is 5.75 Å². The molecule has 0 saturated carbocycles. The van der Waals surface area contributed by atoms with Gasteiger partial charge in [0.15, 0.2) is 0 Å². The Morgan fingerprint density at radius 1 is 1.07 bits per heavy atom. The summed E-state index contributed by atoms with van der Waals surface area (Å²) in [6, 6.07) is 21.4. The van der Waals surface area contributed by atoms with Crippen molar-refractivity contribution in [2.45, 2.75) is 12.5 Å². The molecule has 4 aromatic rings. The summed E-state index contributed by atoms with van der Waals surface area (Å²) in [4.78, 5) is 18.9. The molecule has 0 fully saturated rings. The van der Waals surface area contributed by atoms with Gasteiger partial charge in [-0.25, -0.2) is 4.39 Å². The summed E-state index contributed by atoms with van der Waals surface area (Å²) in [7, 11) is 1.59. The van der Waals surface area contributed by atoms with E-state index < -0.39 is 0 Å². The van der Waals surface area contributed by atoms with E-state index in [1.165, 1.54) is 23.1 Å². The number of rotatable bonds is 3. The van der Waals surface area contributed by atoms with Gasteiger partial charge in [0.25, 0.3) is 5.91 Å². The molecule has 5 rings (SSSR count). The Labute approximate surface area is 173 Å². The zero-order chi connectivity index (χ0) is 20.7. The largest absolute Gasteiger partial charge is 0.497 e. The van der Waals surface area contributed by atoms with E-state index in [9.17, 15) is 9.18 Å². The van der Waals surface area contributed by atoms with Crippen LogP contribution in [0.15, 0.2) is 72.8 Å². The fraction of sp³-hybridized carbons (Fsp3) is 0.160. The van der Waals surface area contributed by atoms with Crippen LogP contribution >= 0.6 is 0 Å². The number of aromatic nitrogens is 1. The molecule has 1 amide bonds.